The van der Waals surface area contributed by atoms with E-state index in [1.165, 1.54) is 32.7 Å². The maximum atomic E-state index is 4.59. The molecule has 0 heterocycles. The minimum absolute atomic E-state index is 0.788. The summed E-state index contributed by atoms with van der Waals surface area (Å²) in [6.45, 7) is 1.58. The second-order valence-corrected chi connectivity index (χ2v) is 6.56. The van der Waals surface area contributed by atoms with Gasteiger partial charge in [-0.05, 0) is 28.0 Å². The van der Waals surface area contributed by atoms with Gasteiger partial charge in [0.1, 0.15) is 0 Å². The monoisotopic (exact) mass is 350 g/mol. The quantitative estimate of drug-likeness (QED) is 0.304. The molecule has 4 aromatic carbocycles. The summed E-state index contributed by atoms with van der Waals surface area (Å²) in [7, 11) is 0. The zero-order valence-corrected chi connectivity index (χ0v) is 15.3. The minimum Gasteiger partial charge on any atom is -0.292 e. The lowest BCUT2D eigenvalue weighted by atomic mass is 10.1. The average Bonchev–Trinajstić information content (AvgIpc) is 2.73. The molecular formula is C25H22N2. The maximum absolute atomic E-state index is 4.59. The predicted octanol–water partition coefficient (Wildman–Crippen LogP) is 5.92. The van der Waals surface area contributed by atoms with Crippen LogP contribution in [0.5, 0.6) is 0 Å². The molecule has 0 aliphatic heterocycles. The van der Waals surface area contributed by atoms with E-state index in [1.54, 1.807) is 0 Å². The summed E-state index contributed by atoms with van der Waals surface area (Å²) < 4.78 is 0. The summed E-state index contributed by atoms with van der Waals surface area (Å²) in [6.07, 6.45) is 4.91. The van der Waals surface area contributed by atoms with Crippen LogP contribution in [0.4, 0.5) is 0 Å². The van der Waals surface area contributed by atoms with Crippen molar-refractivity contribution < 1.29 is 0 Å². The van der Waals surface area contributed by atoms with Crippen LogP contribution in [0.2, 0.25) is 0 Å². The van der Waals surface area contributed by atoms with Crippen LogP contribution in [0.25, 0.3) is 21.5 Å². The Kier molecular flexibility index (Phi) is 5.35. The van der Waals surface area contributed by atoms with Gasteiger partial charge in [0, 0.05) is 36.6 Å². The van der Waals surface area contributed by atoms with Gasteiger partial charge in [0.2, 0.25) is 0 Å². The summed E-state index contributed by atoms with van der Waals surface area (Å²) in [4.78, 5) is 9.17. The first-order chi connectivity index (χ1) is 13.4. The summed E-state index contributed by atoms with van der Waals surface area (Å²) in [6, 6.07) is 29.5. The Hall–Kier alpha value is -3.26. The van der Waals surface area contributed by atoms with Crippen LogP contribution in [0.1, 0.15) is 17.5 Å². The molecule has 0 saturated heterocycles. The highest BCUT2D eigenvalue weighted by molar-refractivity contribution is 6.00. The molecule has 2 heteroatoms. The first-order valence-corrected chi connectivity index (χ1v) is 9.37. The number of aliphatic imine (C=N–C) groups is 2. The van der Waals surface area contributed by atoms with Crippen LogP contribution in [-0.4, -0.2) is 25.5 Å². The van der Waals surface area contributed by atoms with E-state index >= 15 is 0 Å². The number of fused-ring (bicyclic) bond motifs is 2. The second kappa shape index (κ2) is 8.41. The Labute approximate surface area is 159 Å². The molecule has 0 radical (unpaired) electrons. The molecule has 0 bridgehead atoms. The first kappa shape index (κ1) is 17.2. The van der Waals surface area contributed by atoms with Crippen LogP contribution in [-0.2, 0) is 0 Å². The summed E-state index contributed by atoms with van der Waals surface area (Å²) in [5.74, 6) is 0. The topological polar surface area (TPSA) is 24.7 Å². The predicted molar refractivity (Wildman–Crippen MR) is 117 cm³/mol. The Morgan fingerprint density at radius 1 is 0.519 bits per heavy atom. The third-order valence-corrected chi connectivity index (χ3v) is 4.68. The zero-order chi connectivity index (χ0) is 18.3. The average molecular weight is 350 g/mol. The highest BCUT2D eigenvalue weighted by Gasteiger charge is 1.97. The van der Waals surface area contributed by atoms with Crippen LogP contribution < -0.4 is 0 Å². The smallest absolute Gasteiger partial charge is 0.0407 e. The Morgan fingerprint density at radius 3 is 1.48 bits per heavy atom. The second-order valence-electron chi connectivity index (χ2n) is 6.56. The van der Waals surface area contributed by atoms with Gasteiger partial charge in [-0.15, -0.1) is 0 Å². The van der Waals surface area contributed by atoms with Crippen molar-refractivity contribution in [2.75, 3.05) is 13.1 Å². The molecular weight excluding hydrogens is 328 g/mol. The van der Waals surface area contributed by atoms with E-state index < -0.39 is 0 Å². The molecule has 132 valence electrons. The Balaban J connectivity index is 1.33. The van der Waals surface area contributed by atoms with Gasteiger partial charge in [0.05, 0.1) is 0 Å². The van der Waals surface area contributed by atoms with Crippen molar-refractivity contribution in [2.24, 2.45) is 9.98 Å². The van der Waals surface area contributed by atoms with E-state index in [-0.39, 0.29) is 0 Å². The molecule has 0 spiro atoms. The van der Waals surface area contributed by atoms with Gasteiger partial charge in [0.15, 0.2) is 0 Å². The molecule has 27 heavy (non-hydrogen) atoms. The largest absolute Gasteiger partial charge is 0.292 e. The van der Waals surface area contributed by atoms with E-state index in [9.17, 15) is 0 Å². The van der Waals surface area contributed by atoms with Crippen molar-refractivity contribution >= 4 is 34.0 Å². The Bertz CT molecular complexity index is 1010. The van der Waals surface area contributed by atoms with Crippen molar-refractivity contribution in [2.45, 2.75) is 6.42 Å². The summed E-state index contributed by atoms with van der Waals surface area (Å²) in [5, 5.41) is 5.00. The van der Waals surface area contributed by atoms with E-state index in [4.69, 9.17) is 0 Å². The fraction of sp³-hybridized carbons (Fsp3) is 0.120. The number of hydrogen-bond acceptors (Lipinski definition) is 2. The molecule has 2 nitrogen and oxygen atoms in total. The van der Waals surface area contributed by atoms with Gasteiger partial charge < -0.3 is 0 Å². The molecule has 4 rings (SSSR count). The zero-order valence-electron chi connectivity index (χ0n) is 15.3. The van der Waals surface area contributed by atoms with Crippen molar-refractivity contribution in [3.8, 4) is 0 Å². The minimum atomic E-state index is 0.788. The van der Waals surface area contributed by atoms with Gasteiger partial charge in [-0.1, -0.05) is 84.9 Å². The molecule has 0 aliphatic rings. The van der Waals surface area contributed by atoms with Gasteiger partial charge in [-0.3, -0.25) is 9.98 Å². The van der Waals surface area contributed by atoms with E-state index in [0.29, 0.717) is 0 Å². The third kappa shape index (κ3) is 4.12. The van der Waals surface area contributed by atoms with Crippen LogP contribution >= 0.6 is 0 Å². The van der Waals surface area contributed by atoms with Gasteiger partial charge >= 0.3 is 0 Å². The first-order valence-electron chi connectivity index (χ1n) is 9.37. The lowest BCUT2D eigenvalue weighted by molar-refractivity contribution is 0.851. The van der Waals surface area contributed by atoms with E-state index in [0.717, 1.165) is 19.5 Å². The molecule has 0 fully saturated rings. The maximum Gasteiger partial charge on any atom is 0.0407 e. The highest BCUT2D eigenvalue weighted by Crippen LogP contribution is 2.17. The van der Waals surface area contributed by atoms with Gasteiger partial charge in [0.25, 0.3) is 0 Å². The molecule has 0 aromatic heterocycles. The van der Waals surface area contributed by atoms with Crippen LogP contribution in [0, 0.1) is 0 Å². The standard InChI is InChI=1S/C25H22N2/c1-3-14-24-20(8-1)10-5-12-22(24)18-26-16-7-17-27-19-23-13-6-11-21-9-2-4-15-25(21)23/h1-6,8-15,18-19H,7,16-17H2/b26-18-,27-19-. The van der Waals surface area contributed by atoms with Crippen molar-refractivity contribution in [1.29, 1.82) is 0 Å². The van der Waals surface area contributed by atoms with Crippen LogP contribution in [0.3, 0.4) is 0 Å². The van der Waals surface area contributed by atoms with Gasteiger partial charge in [-0.25, -0.2) is 0 Å². The van der Waals surface area contributed by atoms with E-state index in [2.05, 4.69) is 94.9 Å². The molecule has 0 N–H and O–H groups in total. The van der Waals surface area contributed by atoms with E-state index in [1.807, 2.05) is 12.4 Å². The lowest BCUT2D eigenvalue weighted by Gasteiger charge is -2.01. The normalized spacial score (nSPS) is 11.9. The molecule has 0 saturated carbocycles. The fourth-order valence-corrected chi connectivity index (χ4v) is 3.31. The van der Waals surface area contributed by atoms with Crippen molar-refractivity contribution in [1.82, 2.24) is 0 Å². The van der Waals surface area contributed by atoms with Crippen molar-refractivity contribution in [3.63, 3.8) is 0 Å². The number of benzene rings is 4. The SMILES string of the molecule is C(=N/CCC/N=C\c1cccc2ccccc12)/c1cccc2ccccc12. The number of nitrogens with zero attached hydrogens (tertiary/aromatic N) is 2. The number of hydrogen-bond donors (Lipinski definition) is 0. The molecule has 0 aliphatic carbocycles. The molecule has 0 unspecified atom stereocenters. The summed E-state index contributed by atoms with van der Waals surface area (Å²) in [5.41, 5.74) is 2.35. The van der Waals surface area contributed by atoms with Crippen LogP contribution in [0.15, 0.2) is 94.9 Å². The molecule has 4 aromatic rings. The number of rotatable bonds is 6. The summed E-state index contributed by atoms with van der Waals surface area (Å²) >= 11 is 0. The highest BCUT2D eigenvalue weighted by atomic mass is 14.7. The fourth-order valence-electron chi connectivity index (χ4n) is 3.31. The third-order valence-electron chi connectivity index (χ3n) is 4.68. The Morgan fingerprint density at radius 2 is 0.963 bits per heavy atom. The molecule has 0 amide bonds. The lowest BCUT2D eigenvalue weighted by Crippen LogP contribution is -1.91. The van der Waals surface area contributed by atoms with Crippen molar-refractivity contribution in [3.05, 3.63) is 96.1 Å². The molecule has 0 atom stereocenters. The van der Waals surface area contributed by atoms with Gasteiger partial charge in [-0.2, -0.15) is 0 Å².